The minimum Gasteiger partial charge on any atom is -0.314 e. The van der Waals surface area contributed by atoms with Gasteiger partial charge in [-0.05, 0) is 50.8 Å². The van der Waals surface area contributed by atoms with Crippen molar-refractivity contribution in [1.82, 2.24) is 5.32 Å². The fourth-order valence-electron chi connectivity index (χ4n) is 1.88. The standard InChI is InChI=1S/C15H21N/c1-12-6-7-14(13(2)11-12)5-3-4-10-16-15-8-9-15/h3,5-7,11,15-16H,4,8-10H2,1-2H3. The first-order chi connectivity index (χ1) is 7.75. The van der Waals surface area contributed by atoms with Gasteiger partial charge in [-0.15, -0.1) is 0 Å². The second-order valence-electron chi connectivity index (χ2n) is 4.78. The lowest BCUT2D eigenvalue weighted by Crippen LogP contribution is -2.16. The first-order valence-electron chi connectivity index (χ1n) is 6.23. The lowest BCUT2D eigenvalue weighted by molar-refractivity contribution is 0.691. The van der Waals surface area contributed by atoms with Gasteiger partial charge in [0.15, 0.2) is 0 Å². The molecular weight excluding hydrogens is 194 g/mol. The second kappa shape index (κ2) is 5.31. The van der Waals surface area contributed by atoms with Crippen LogP contribution in [0.2, 0.25) is 0 Å². The van der Waals surface area contributed by atoms with Gasteiger partial charge in [0.05, 0.1) is 0 Å². The van der Waals surface area contributed by atoms with Gasteiger partial charge in [-0.2, -0.15) is 0 Å². The summed E-state index contributed by atoms with van der Waals surface area (Å²) in [5.41, 5.74) is 4.05. The van der Waals surface area contributed by atoms with Gasteiger partial charge in [0, 0.05) is 6.04 Å². The fraction of sp³-hybridized carbons (Fsp3) is 0.467. The van der Waals surface area contributed by atoms with Crippen LogP contribution in [0.5, 0.6) is 0 Å². The van der Waals surface area contributed by atoms with Crippen LogP contribution in [0, 0.1) is 13.8 Å². The molecule has 1 nitrogen and oxygen atoms in total. The predicted molar refractivity (Wildman–Crippen MR) is 70.6 cm³/mol. The van der Waals surface area contributed by atoms with Crippen LogP contribution in [-0.2, 0) is 0 Å². The summed E-state index contributed by atoms with van der Waals surface area (Å²) in [4.78, 5) is 0. The van der Waals surface area contributed by atoms with Crippen LogP contribution in [0.15, 0.2) is 24.3 Å². The Balaban J connectivity index is 1.79. The van der Waals surface area contributed by atoms with Crippen molar-refractivity contribution in [2.75, 3.05) is 6.54 Å². The molecule has 0 atom stereocenters. The van der Waals surface area contributed by atoms with Crippen LogP contribution in [-0.4, -0.2) is 12.6 Å². The third kappa shape index (κ3) is 3.49. The summed E-state index contributed by atoms with van der Waals surface area (Å²) in [7, 11) is 0. The summed E-state index contributed by atoms with van der Waals surface area (Å²) in [6.07, 6.45) is 8.39. The molecule has 2 rings (SSSR count). The van der Waals surface area contributed by atoms with Crippen molar-refractivity contribution >= 4 is 6.08 Å². The minimum atomic E-state index is 0.828. The normalized spacial score (nSPS) is 15.9. The molecule has 0 aromatic heterocycles. The predicted octanol–water partition coefficient (Wildman–Crippen LogP) is 3.46. The smallest absolute Gasteiger partial charge is 0.00683 e. The van der Waals surface area contributed by atoms with Gasteiger partial charge in [-0.1, -0.05) is 35.9 Å². The maximum Gasteiger partial charge on any atom is 0.00683 e. The first kappa shape index (κ1) is 11.4. The van der Waals surface area contributed by atoms with Crippen molar-refractivity contribution in [3.63, 3.8) is 0 Å². The highest BCUT2D eigenvalue weighted by atomic mass is 14.9. The molecule has 16 heavy (non-hydrogen) atoms. The number of hydrogen-bond donors (Lipinski definition) is 1. The van der Waals surface area contributed by atoms with E-state index in [0.29, 0.717) is 0 Å². The van der Waals surface area contributed by atoms with E-state index in [4.69, 9.17) is 0 Å². The molecule has 0 saturated heterocycles. The highest BCUT2D eigenvalue weighted by Crippen LogP contribution is 2.18. The molecule has 1 aliphatic rings. The molecule has 86 valence electrons. The lowest BCUT2D eigenvalue weighted by Gasteiger charge is -2.02. The molecule has 1 aromatic rings. The average molecular weight is 215 g/mol. The van der Waals surface area contributed by atoms with E-state index in [1.165, 1.54) is 29.5 Å². The minimum absolute atomic E-state index is 0.828. The van der Waals surface area contributed by atoms with E-state index in [0.717, 1.165) is 19.0 Å². The van der Waals surface area contributed by atoms with E-state index < -0.39 is 0 Å². The van der Waals surface area contributed by atoms with Crippen molar-refractivity contribution in [1.29, 1.82) is 0 Å². The van der Waals surface area contributed by atoms with Crippen molar-refractivity contribution in [3.05, 3.63) is 41.0 Å². The van der Waals surface area contributed by atoms with Gasteiger partial charge >= 0.3 is 0 Å². The fourth-order valence-corrected chi connectivity index (χ4v) is 1.88. The van der Waals surface area contributed by atoms with Crippen LogP contribution in [0.4, 0.5) is 0 Å². The molecule has 0 amide bonds. The molecule has 1 aromatic carbocycles. The highest BCUT2D eigenvalue weighted by Gasteiger charge is 2.19. The summed E-state index contributed by atoms with van der Waals surface area (Å²) in [6, 6.07) is 7.45. The van der Waals surface area contributed by atoms with E-state index in [-0.39, 0.29) is 0 Å². The van der Waals surface area contributed by atoms with E-state index in [2.05, 4.69) is 49.5 Å². The van der Waals surface area contributed by atoms with Gasteiger partial charge in [0.1, 0.15) is 0 Å². The second-order valence-corrected chi connectivity index (χ2v) is 4.78. The summed E-state index contributed by atoms with van der Waals surface area (Å²) in [5, 5.41) is 3.52. The number of hydrogen-bond acceptors (Lipinski definition) is 1. The SMILES string of the molecule is Cc1ccc(C=CCCNC2CC2)c(C)c1. The van der Waals surface area contributed by atoms with Crippen molar-refractivity contribution < 1.29 is 0 Å². The van der Waals surface area contributed by atoms with Crippen LogP contribution >= 0.6 is 0 Å². The molecule has 1 aliphatic carbocycles. The molecule has 1 saturated carbocycles. The Morgan fingerprint density at radius 2 is 2.12 bits per heavy atom. The molecule has 0 radical (unpaired) electrons. The zero-order valence-corrected chi connectivity index (χ0v) is 10.3. The Hall–Kier alpha value is -1.08. The molecule has 0 heterocycles. The molecule has 1 heteroatoms. The molecule has 0 bridgehead atoms. The molecular formula is C15H21N. The van der Waals surface area contributed by atoms with Crippen molar-refractivity contribution in [2.45, 2.75) is 39.2 Å². The van der Waals surface area contributed by atoms with Gasteiger partial charge < -0.3 is 5.32 Å². The molecule has 1 N–H and O–H groups in total. The van der Waals surface area contributed by atoms with Crippen molar-refractivity contribution in [3.8, 4) is 0 Å². The largest absolute Gasteiger partial charge is 0.314 e. The number of rotatable bonds is 5. The Morgan fingerprint density at radius 1 is 1.31 bits per heavy atom. The zero-order chi connectivity index (χ0) is 11.4. The van der Waals surface area contributed by atoms with Gasteiger partial charge in [-0.3, -0.25) is 0 Å². The monoisotopic (exact) mass is 215 g/mol. The molecule has 1 fully saturated rings. The van der Waals surface area contributed by atoms with Crippen LogP contribution in [0.3, 0.4) is 0 Å². The molecule has 0 aliphatic heterocycles. The lowest BCUT2D eigenvalue weighted by atomic mass is 10.1. The molecule has 0 unspecified atom stereocenters. The van der Waals surface area contributed by atoms with E-state index >= 15 is 0 Å². The van der Waals surface area contributed by atoms with Crippen LogP contribution < -0.4 is 5.32 Å². The third-order valence-electron chi connectivity index (χ3n) is 3.04. The van der Waals surface area contributed by atoms with Crippen molar-refractivity contribution in [2.24, 2.45) is 0 Å². The topological polar surface area (TPSA) is 12.0 Å². The summed E-state index contributed by atoms with van der Waals surface area (Å²) in [6.45, 7) is 5.43. The van der Waals surface area contributed by atoms with Gasteiger partial charge in [-0.25, -0.2) is 0 Å². The highest BCUT2D eigenvalue weighted by molar-refractivity contribution is 5.54. The van der Waals surface area contributed by atoms with Gasteiger partial charge in [0.2, 0.25) is 0 Å². The van der Waals surface area contributed by atoms with E-state index in [9.17, 15) is 0 Å². The Morgan fingerprint density at radius 3 is 2.81 bits per heavy atom. The Bertz CT molecular complexity index is 375. The van der Waals surface area contributed by atoms with E-state index in [1.807, 2.05) is 0 Å². The first-order valence-corrected chi connectivity index (χ1v) is 6.23. The maximum absolute atomic E-state index is 3.52. The quantitative estimate of drug-likeness (QED) is 0.742. The molecule has 0 spiro atoms. The van der Waals surface area contributed by atoms with Crippen LogP contribution in [0.25, 0.3) is 6.08 Å². The number of nitrogens with one attached hydrogen (secondary N) is 1. The summed E-state index contributed by atoms with van der Waals surface area (Å²) in [5.74, 6) is 0. The third-order valence-corrected chi connectivity index (χ3v) is 3.04. The van der Waals surface area contributed by atoms with Gasteiger partial charge in [0.25, 0.3) is 0 Å². The number of benzene rings is 1. The van der Waals surface area contributed by atoms with E-state index in [1.54, 1.807) is 0 Å². The average Bonchev–Trinajstić information content (AvgIpc) is 3.04. The van der Waals surface area contributed by atoms with Crippen LogP contribution in [0.1, 0.15) is 36.0 Å². The zero-order valence-electron chi connectivity index (χ0n) is 10.3. The Kier molecular flexibility index (Phi) is 3.79. The Labute approximate surface area is 98.6 Å². The number of aryl methyl sites for hydroxylation is 2. The summed E-state index contributed by atoms with van der Waals surface area (Å²) >= 11 is 0. The maximum atomic E-state index is 3.52. The summed E-state index contributed by atoms with van der Waals surface area (Å²) < 4.78 is 0.